The Labute approximate surface area is 135 Å². The zero-order chi connectivity index (χ0) is 16.9. The number of hydrogen-bond donors (Lipinski definition) is 2. The van der Waals surface area contributed by atoms with Crippen LogP contribution in [0.3, 0.4) is 0 Å². The lowest BCUT2D eigenvalue weighted by atomic mass is 10.2. The molecule has 0 bridgehead atoms. The first kappa shape index (κ1) is 16.8. The third-order valence-electron chi connectivity index (χ3n) is 3.13. The topological polar surface area (TPSA) is 98.5 Å². The molecule has 0 fully saturated rings. The second-order valence-corrected chi connectivity index (χ2v) is 6.56. The van der Waals surface area contributed by atoms with Gasteiger partial charge in [0, 0.05) is 5.69 Å². The summed E-state index contributed by atoms with van der Waals surface area (Å²) in [6.45, 7) is 1.77. The molecule has 2 aromatic carbocycles. The highest BCUT2D eigenvalue weighted by Gasteiger charge is 2.14. The molecule has 23 heavy (non-hydrogen) atoms. The van der Waals surface area contributed by atoms with Crippen LogP contribution in [0.25, 0.3) is 0 Å². The van der Waals surface area contributed by atoms with E-state index in [2.05, 4.69) is 4.72 Å². The summed E-state index contributed by atoms with van der Waals surface area (Å²) in [6.07, 6.45) is 0.889. The molecular weight excluding hydrogens is 316 g/mol. The Kier molecular flexibility index (Phi) is 5.23. The monoisotopic (exact) mass is 334 g/mol. The summed E-state index contributed by atoms with van der Waals surface area (Å²) in [6, 6.07) is 12.9. The molecule has 0 aliphatic heterocycles. The highest BCUT2D eigenvalue weighted by molar-refractivity contribution is 7.92. The van der Waals surface area contributed by atoms with Crippen LogP contribution in [0.5, 0.6) is 5.75 Å². The van der Waals surface area contributed by atoms with E-state index in [1.165, 1.54) is 24.3 Å². The van der Waals surface area contributed by atoms with Crippen LogP contribution in [0.4, 0.5) is 5.69 Å². The summed E-state index contributed by atoms with van der Waals surface area (Å²) < 4.78 is 32.2. The standard InChI is InChI=1S/C16H18N2O4S/c1-2-12-3-5-13(6-4-12)18-23(20,21)15-9-7-14(8-10-15)22-11-16(17)19/h3-10,18H,2,11H2,1H3,(H2,17,19). The van der Waals surface area contributed by atoms with Crippen molar-refractivity contribution in [2.75, 3.05) is 11.3 Å². The number of benzene rings is 2. The molecule has 6 nitrogen and oxygen atoms in total. The minimum absolute atomic E-state index is 0.100. The minimum atomic E-state index is -3.68. The van der Waals surface area contributed by atoms with Crippen molar-refractivity contribution in [3.63, 3.8) is 0 Å². The van der Waals surface area contributed by atoms with E-state index in [1.54, 1.807) is 12.1 Å². The van der Waals surface area contributed by atoms with E-state index >= 15 is 0 Å². The van der Waals surface area contributed by atoms with Gasteiger partial charge in [0.05, 0.1) is 4.90 Å². The molecule has 0 aliphatic carbocycles. The molecule has 0 saturated heterocycles. The van der Waals surface area contributed by atoms with Gasteiger partial charge in [0.2, 0.25) is 0 Å². The van der Waals surface area contributed by atoms with Crippen LogP contribution >= 0.6 is 0 Å². The van der Waals surface area contributed by atoms with Gasteiger partial charge in [0.15, 0.2) is 6.61 Å². The van der Waals surface area contributed by atoms with E-state index in [-0.39, 0.29) is 11.5 Å². The number of aryl methyl sites for hydroxylation is 1. The molecule has 0 atom stereocenters. The van der Waals surface area contributed by atoms with Crippen molar-refractivity contribution in [2.24, 2.45) is 5.73 Å². The fourth-order valence-corrected chi connectivity index (χ4v) is 2.95. The van der Waals surface area contributed by atoms with Crippen molar-refractivity contribution in [3.8, 4) is 5.75 Å². The lowest BCUT2D eigenvalue weighted by molar-refractivity contribution is -0.119. The maximum Gasteiger partial charge on any atom is 0.261 e. The van der Waals surface area contributed by atoms with Crippen LogP contribution in [0, 0.1) is 0 Å². The Morgan fingerprint density at radius 2 is 1.70 bits per heavy atom. The molecule has 0 aliphatic rings. The van der Waals surface area contributed by atoms with Crippen LogP contribution in [-0.4, -0.2) is 20.9 Å². The first-order chi connectivity index (χ1) is 10.9. The number of anilines is 1. The van der Waals surface area contributed by atoms with Gasteiger partial charge in [-0.25, -0.2) is 8.42 Å². The van der Waals surface area contributed by atoms with Crippen molar-refractivity contribution in [1.29, 1.82) is 0 Å². The highest BCUT2D eigenvalue weighted by atomic mass is 32.2. The van der Waals surface area contributed by atoms with Crippen LogP contribution in [0.15, 0.2) is 53.4 Å². The summed E-state index contributed by atoms with van der Waals surface area (Å²) >= 11 is 0. The Hall–Kier alpha value is -2.54. The number of carbonyl (C=O) groups excluding carboxylic acids is 1. The van der Waals surface area contributed by atoms with Crippen molar-refractivity contribution in [2.45, 2.75) is 18.2 Å². The number of primary amides is 1. The first-order valence-electron chi connectivity index (χ1n) is 7.03. The highest BCUT2D eigenvalue weighted by Crippen LogP contribution is 2.19. The van der Waals surface area contributed by atoms with Gasteiger partial charge in [-0.15, -0.1) is 0 Å². The van der Waals surface area contributed by atoms with Gasteiger partial charge in [0.25, 0.3) is 15.9 Å². The summed E-state index contributed by atoms with van der Waals surface area (Å²) in [5, 5.41) is 0. The SMILES string of the molecule is CCc1ccc(NS(=O)(=O)c2ccc(OCC(N)=O)cc2)cc1. The molecule has 7 heteroatoms. The Morgan fingerprint density at radius 1 is 1.09 bits per heavy atom. The molecule has 0 saturated carbocycles. The second-order valence-electron chi connectivity index (χ2n) is 4.88. The van der Waals surface area contributed by atoms with Gasteiger partial charge in [-0.1, -0.05) is 19.1 Å². The number of carbonyl (C=O) groups is 1. The molecule has 1 amide bonds. The maximum atomic E-state index is 12.3. The zero-order valence-corrected chi connectivity index (χ0v) is 13.5. The van der Waals surface area contributed by atoms with E-state index < -0.39 is 15.9 Å². The van der Waals surface area contributed by atoms with Gasteiger partial charge in [-0.3, -0.25) is 9.52 Å². The number of ether oxygens (including phenoxy) is 1. The maximum absolute atomic E-state index is 12.3. The molecule has 0 unspecified atom stereocenters. The Morgan fingerprint density at radius 3 is 2.22 bits per heavy atom. The van der Waals surface area contributed by atoms with Gasteiger partial charge in [-0.05, 0) is 48.4 Å². The van der Waals surface area contributed by atoms with Crippen molar-refractivity contribution in [1.82, 2.24) is 0 Å². The Bertz CT molecular complexity index is 769. The van der Waals surface area contributed by atoms with Crippen LogP contribution < -0.4 is 15.2 Å². The smallest absolute Gasteiger partial charge is 0.261 e. The predicted octanol–water partition coefficient (Wildman–Crippen LogP) is 1.91. The fourth-order valence-electron chi connectivity index (χ4n) is 1.89. The van der Waals surface area contributed by atoms with Gasteiger partial charge in [0.1, 0.15) is 5.75 Å². The summed E-state index contributed by atoms with van der Waals surface area (Å²) in [7, 11) is -3.68. The number of sulfonamides is 1. The minimum Gasteiger partial charge on any atom is -0.484 e. The molecule has 0 spiro atoms. The van der Waals surface area contributed by atoms with Crippen LogP contribution in [-0.2, 0) is 21.2 Å². The average molecular weight is 334 g/mol. The lowest BCUT2D eigenvalue weighted by Crippen LogP contribution is -2.20. The molecule has 2 rings (SSSR count). The van der Waals surface area contributed by atoms with E-state index in [0.29, 0.717) is 11.4 Å². The molecule has 0 aromatic heterocycles. The largest absolute Gasteiger partial charge is 0.484 e. The van der Waals surface area contributed by atoms with Gasteiger partial charge >= 0.3 is 0 Å². The quantitative estimate of drug-likeness (QED) is 0.808. The Balaban J connectivity index is 2.10. The molecule has 122 valence electrons. The zero-order valence-electron chi connectivity index (χ0n) is 12.7. The third kappa shape index (κ3) is 4.72. The first-order valence-corrected chi connectivity index (χ1v) is 8.52. The van der Waals surface area contributed by atoms with Crippen LogP contribution in [0.2, 0.25) is 0 Å². The number of amides is 1. The van der Waals surface area contributed by atoms with E-state index in [9.17, 15) is 13.2 Å². The van der Waals surface area contributed by atoms with E-state index in [0.717, 1.165) is 12.0 Å². The molecule has 0 heterocycles. The summed E-state index contributed by atoms with van der Waals surface area (Å²) in [5.41, 5.74) is 6.60. The van der Waals surface area contributed by atoms with Gasteiger partial charge in [-0.2, -0.15) is 0 Å². The fraction of sp³-hybridized carbons (Fsp3) is 0.188. The van der Waals surface area contributed by atoms with Crippen molar-refractivity contribution >= 4 is 21.6 Å². The van der Waals surface area contributed by atoms with E-state index in [4.69, 9.17) is 10.5 Å². The third-order valence-corrected chi connectivity index (χ3v) is 4.53. The van der Waals surface area contributed by atoms with Crippen molar-refractivity contribution in [3.05, 3.63) is 54.1 Å². The normalized spacial score (nSPS) is 11.0. The van der Waals surface area contributed by atoms with Gasteiger partial charge < -0.3 is 10.5 Å². The molecule has 3 N–H and O–H groups in total. The molecule has 2 aromatic rings. The molecule has 0 radical (unpaired) electrons. The van der Waals surface area contributed by atoms with E-state index in [1.807, 2.05) is 19.1 Å². The summed E-state index contributed by atoms with van der Waals surface area (Å²) in [5.74, 6) is -0.228. The predicted molar refractivity (Wildman–Crippen MR) is 87.8 cm³/mol. The lowest BCUT2D eigenvalue weighted by Gasteiger charge is -2.09. The number of nitrogens with one attached hydrogen (secondary N) is 1. The van der Waals surface area contributed by atoms with Crippen LogP contribution in [0.1, 0.15) is 12.5 Å². The number of hydrogen-bond acceptors (Lipinski definition) is 4. The number of nitrogens with two attached hydrogens (primary N) is 1. The number of rotatable bonds is 7. The average Bonchev–Trinajstić information content (AvgIpc) is 2.53. The molecular formula is C16H18N2O4S. The van der Waals surface area contributed by atoms with Crippen molar-refractivity contribution < 1.29 is 17.9 Å². The second kappa shape index (κ2) is 7.15. The summed E-state index contributed by atoms with van der Waals surface area (Å²) in [4.78, 5) is 10.7.